The molecule has 0 aliphatic heterocycles. The van der Waals surface area contributed by atoms with Gasteiger partial charge in [0.15, 0.2) is 0 Å². The molecule has 0 heterocycles. The van der Waals surface area contributed by atoms with Gasteiger partial charge in [-0.25, -0.2) is 8.42 Å². The number of hydrogen-bond acceptors (Lipinski definition) is 3. The van der Waals surface area contributed by atoms with Crippen LogP contribution in [0.15, 0.2) is 42.5 Å². The molecule has 2 N–H and O–H groups in total. The number of rotatable bonds is 4. The Kier molecular flexibility index (Phi) is 5.43. The molecule has 0 unspecified atom stereocenters. The Morgan fingerprint density at radius 3 is 1.77 bits per heavy atom. The predicted molar refractivity (Wildman–Crippen MR) is 108 cm³/mol. The zero-order valence-corrected chi connectivity index (χ0v) is 17.2. The maximum absolute atomic E-state index is 12.6. The van der Waals surface area contributed by atoms with E-state index in [1.807, 2.05) is 59.7 Å². The second-order valence-electron chi connectivity index (χ2n) is 8.77. The summed E-state index contributed by atoms with van der Waals surface area (Å²) < 4.78 is 27.9. The van der Waals surface area contributed by atoms with Crippen LogP contribution >= 0.6 is 0 Å². The second-order valence-corrected chi connectivity index (χ2v) is 10.5. The maximum atomic E-state index is 12.6. The third kappa shape index (κ3) is 5.01. The first kappa shape index (κ1) is 20.3. The normalized spacial score (nSPS) is 12.8. The molecule has 2 rings (SSSR count). The molecule has 0 radical (unpaired) electrons. The largest absolute Gasteiger partial charge is 0.507 e. The van der Waals surface area contributed by atoms with E-state index in [-0.39, 0.29) is 22.3 Å². The molecule has 0 bridgehead atoms. The zero-order chi connectivity index (χ0) is 19.8. The van der Waals surface area contributed by atoms with Crippen LogP contribution in [0.2, 0.25) is 0 Å². The first-order valence-corrected chi connectivity index (χ1v) is 10.4. The first-order valence-electron chi connectivity index (χ1n) is 8.72. The SMILES string of the molecule is CC(C)(C)c1cc(NS(=O)(=O)Cc2ccccc2)cc(C(C)(C)C)c1O. The number of nitrogens with one attached hydrogen (secondary N) is 1. The Morgan fingerprint density at radius 1 is 0.885 bits per heavy atom. The molecule has 0 aliphatic rings. The molecule has 0 spiro atoms. The zero-order valence-electron chi connectivity index (χ0n) is 16.4. The Morgan fingerprint density at radius 2 is 1.35 bits per heavy atom. The van der Waals surface area contributed by atoms with Crippen LogP contribution in [0.4, 0.5) is 5.69 Å². The minimum Gasteiger partial charge on any atom is -0.507 e. The molecule has 0 aliphatic carbocycles. The summed E-state index contributed by atoms with van der Waals surface area (Å²) in [6, 6.07) is 12.5. The number of phenolic OH excluding ortho intramolecular Hbond substituents is 1. The van der Waals surface area contributed by atoms with Gasteiger partial charge in [0.2, 0.25) is 10.0 Å². The Balaban J connectivity index is 2.46. The van der Waals surface area contributed by atoms with Crippen LogP contribution in [0.25, 0.3) is 0 Å². The van der Waals surface area contributed by atoms with Gasteiger partial charge in [0.05, 0.1) is 5.75 Å². The summed E-state index contributed by atoms with van der Waals surface area (Å²) in [6.45, 7) is 12.0. The predicted octanol–water partition coefficient (Wildman–Crippen LogP) is 4.93. The van der Waals surface area contributed by atoms with Crippen LogP contribution < -0.4 is 4.72 Å². The van der Waals surface area contributed by atoms with E-state index in [0.717, 1.165) is 16.7 Å². The summed E-state index contributed by atoms with van der Waals surface area (Å²) in [5, 5.41) is 10.7. The molecule has 0 saturated heterocycles. The fourth-order valence-corrected chi connectivity index (χ4v) is 4.03. The van der Waals surface area contributed by atoms with Crippen molar-refractivity contribution in [2.75, 3.05) is 4.72 Å². The Labute approximate surface area is 157 Å². The molecule has 0 aromatic heterocycles. The van der Waals surface area contributed by atoms with E-state index in [0.29, 0.717) is 5.69 Å². The van der Waals surface area contributed by atoms with E-state index in [4.69, 9.17) is 0 Å². The topological polar surface area (TPSA) is 66.4 Å². The van der Waals surface area contributed by atoms with Gasteiger partial charge in [-0.2, -0.15) is 0 Å². The molecule has 5 heteroatoms. The lowest BCUT2D eigenvalue weighted by Gasteiger charge is -2.28. The van der Waals surface area contributed by atoms with Crippen molar-refractivity contribution >= 4 is 15.7 Å². The van der Waals surface area contributed by atoms with Crippen LogP contribution in [0.3, 0.4) is 0 Å². The van der Waals surface area contributed by atoms with Crippen molar-refractivity contribution in [3.8, 4) is 5.75 Å². The van der Waals surface area contributed by atoms with Gasteiger partial charge in [-0.1, -0.05) is 71.9 Å². The lowest BCUT2D eigenvalue weighted by atomic mass is 9.79. The van der Waals surface area contributed by atoms with Gasteiger partial charge in [-0.15, -0.1) is 0 Å². The van der Waals surface area contributed by atoms with E-state index in [9.17, 15) is 13.5 Å². The van der Waals surface area contributed by atoms with Crippen molar-refractivity contribution in [1.29, 1.82) is 0 Å². The molecule has 0 atom stereocenters. The molecule has 4 nitrogen and oxygen atoms in total. The van der Waals surface area contributed by atoms with Crippen molar-refractivity contribution < 1.29 is 13.5 Å². The summed E-state index contributed by atoms with van der Waals surface area (Å²) in [5.74, 6) is 0.140. The van der Waals surface area contributed by atoms with Crippen molar-refractivity contribution in [1.82, 2.24) is 0 Å². The minimum absolute atomic E-state index is 0.0928. The van der Waals surface area contributed by atoms with E-state index < -0.39 is 10.0 Å². The number of anilines is 1. The standard InChI is InChI=1S/C21H29NO3S/c1-20(2,3)17-12-16(13-18(19(17)23)21(4,5)6)22-26(24,25)14-15-10-8-7-9-11-15/h7-13,22-23H,14H2,1-6H3. The van der Waals surface area contributed by atoms with Gasteiger partial charge < -0.3 is 5.11 Å². The molecule has 0 amide bonds. The Bertz CT molecular complexity index is 839. The van der Waals surface area contributed by atoms with Gasteiger partial charge in [0.1, 0.15) is 5.75 Å². The highest BCUT2D eigenvalue weighted by atomic mass is 32.2. The first-order chi connectivity index (χ1) is 11.8. The van der Waals surface area contributed by atoms with E-state index in [2.05, 4.69) is 4.72 Å². The number of phenols is 1. The molecular weight excluding hydrogens is 346 g/mol. The summed E-state index contributed by atoms with van der Waals surface area (Å²) in [6.07, 6.45) is 0. The van der Waals surface area contributed by atoms with Crippen molar-refractivity contribution in [2.24, 2.45) is 0 Å². The third-order valence-corrected chi connectivity index (χ3v) is 5.46. The van der Waals surface area contributed by atoms with Crippen LogP contribution in [0, 0.1) is 0 Å². The highest BCUT2D eigenvalue weighted by Crippen LogP contribution is 2.41. The minimum atomic E-state index is -3.56. The second kappa shape index (κ2) is 6.95. The fourth-order valence-electron chi connectivity index (χ4n) is 2.85. The number of hydrogen-bond donors (Lipinski definition) is 2. The third-order valence-electron chi connectivity index (χ3n) is 4.20. The van der Waals surface area contributed by atoms with Crippen LogP contribution in [0.1, 0.15) is 58.2 Å². The lowest BCUT2D eigenvalue weighted by Crippen LogP contribution is -2.20. The number of benzene rings is 2. The molecule has 2 aromatic carbocycles. The monoisotopic (exact) mass is 375 g/mol. The van der Waals surface area contributed by atoms with Crippen molar-refractivity contribution in [3.63, 3.8) is 0 Å². The van der Waals surface area contributed by atoms with Crippen LogP contribution in [-0.2, 0) is 26.6 Å². The number of aromatic hydroxyl groups is 1. The van der Waals surface area contributed by atoms with Crippen molar-refractivity contribution in [3.05, 3.63) is 59.2 Å². The summed E-state index contributed by atoms with van der Waals surface area (Å²) in [7, 11) is -3.56. The average Bonchev–Trinajstić information content (AvgIpc) is 2.46. The van der Waals surface area contributed by atoms with Gasteiger partial charge in [-0.05, 0) is 28.5 Å². The van der Waals surface area contributed by atoms with Crippen LogP contribution in [-0.4, -0.2) is 13.5 Å². The van der Waals surface area contributed by atoms with Gasteiger partial charge in [0.25, 0.3) is 0 Å². The fraction of sp³-hybridized carbons (Fsp3) is 0.429. The number of sulfonamides is 1. The molecule has 2 aromatic rings. The average molecular weight is 376 g/mol. The highest BCUT2D eigenvalue weighted by Gasteiger charge is 2.27. The molecule has 26 heavy (non-hydrogen) atoms. The molecule has 0 saturated carbocycles. The lowest BCUT2D eigenvalue weighted by molar-refractivity contribution is 0.423. The molecular formula is C21H29NO3S. The molecule has 142 valence electrons. The quantitative estimate of drug-likeness (QED) is 0.745. The molecule has 0 fully saturated rings. The summed E-state index contributed by atoms with van der Waals surface area (Å²) in [5.41, 5.74) is 2.03. The Hall–Kier alpha value is -2.01. The van der Waals surface area contributed by atoms with Crippen molar-refractivity contribution in [2.45, 2.75) is 58.1 Å². The van der Waals surface area contributed by atoms with E-state index in [1.165, 1.54) is 0 Å². The summed E-state index contributed by atoms with van der Waals surface area (Å²) in [4.78, 5) is 0. The van der Waals surface area contributed by atoms with Gasteiger partial charge in [0, 0.05) is 16.8 Å². The highest BCUT2D eigenvalue weighted by molar-refractivity contribution is 7.91. The van der Waals surface area contributed by atoms with E-state index in [1.54, 1.807) is 24.3 Å². The summed E-state index contributed by atoms with van der Waals surface area (Å²) >= 11 is 0. The van der Waals surface area contributed by atoms with Gasteiger partial charge >= 0.3 is 0 Å². The van der Waals surface area contributed by atoms with E-state index >= 15 is 0 Å². The van der Waals surface area contributed by atoms with Crippen LogP contribution in [0.5, 0.6) is 5.75 Å². The smallest absolute Gasteiger partial charge is 0.236 e. The van der Waals surface area contributed by atoms with Gasteiger partial charge in [-0.3, -0.25) is 4.72 Å². The maximum Gasteiger partial charge on any atom is 0.236 e.